The summed E-state index contributed by atoms with van der Waals surface area (Å²) in [6.45, 7) is 1.45. The quantitative estimate of drug-likeness (QED) is 0.460. The normalized spacial score (nSPS) is 12.0. The second-order valence-electron chi connectivity index (χ2n) is 4.84. The molecule has 1 aromatic carbocycles. The molecule has 0 aliphatic carbocycles. The van der Waals surface area contributed by atoms with Crippen molar-refractivity contribution in [1.29, 1.82) is 0 Å². The molecular weight excluding hydrogens is 289 g/mol. The molecule has 0 N–H and O–H groups in total. The van der Waals surface area contributed by atoms with Gasteiger partial charge in [0.25, 0.3) is 5.69 Å². The zero-order valence-corrected chi connectivity index (χ0v) is 11.6. The lowest BCUT2D eigenvalue weighted by molar-refractivity contribution is -0.384. The molecule has 1 aromatic rings. The Morgan fingerprint density at radius 1 is 1.38 bits per heavy atom. The van der Waals surface area contributed by atoms with Crippen LogP contribution in [0.25, 0.3) is 0 Å². The highest BCUT2D eigenvalue weighted by Gasteiger charge is 2.32. The minimum absolute atomic E-state index is 0.0250. The van der Waals surface area contributed by atoms with Gasteiger partial charge in [-0.3, -0.25) is 19.8 Å². The minimum Gasteiger partial charge on any atom is -0.293 e. The van der Waals surface area contributed by atoms with Crippen LogP contribution in [0.15, 0.2) is 24.3 Å². The number of halogens is 3. The molecular formula is C13H15F3N2O3. The van der Waals surface area contributed by atoms with E-state index in [9.17, 15) is 28.1 Å². The maximum atomic E-state index is 12.4. The van der Waals surface area contributed by atoms with Crippen LogP contribution in [0.5, 0.6) is 0 Å². The first-order valence-corrected chi connectivity index (χ1v) is 6.18. The van der Waals surface area contributed by atoms with Gasteiger partial charge < -0.3 is 0 Å². The first-order valence-electron chi connectivity index (χ1n) is 6.18. The second-order valence-corrected chi connectivity index (χ2v) is 4.84. The Hall–Kier alpha value is -1.96. The van der Waals surface area contributed by atoms with E-state index in [0.29, 0.717) is 0 Å². The smallest absolute Gasteiger partial charge is 0.293 e. The molecule has 0 heterocycles. The molecule has 1 rings (SSSR count). The van der Waals surface area contributed by atoms with E-state index in [1.807, 2.05) is 0 Å². The van der Waals surface area contributed by atoms with Crippen LogP contribution in [0, 0.1) is 10.1 Å². The molecule has 0 bridgehead atoms. The van der Waals surface area contributed by atoms with Crippen molar-refractivity contribution in [1.82, 2.24) is 4.90 Å². The number of alkyl halides is 3. The Balaban J connectivity index is 2.87. The van der Waals surface area contributed by atoms with Gasteiger partial charge in [0.2, 0.25) is 0 Å². The molecule has 0 atom stereocenters. The molecule has 0 fully saturated rings. The predicted octanol–water partition coefficient (Wildman–Crippen LogP) is 3.05. The lowest BCUT2D eigenvalue weighted by Gasteiger charge is -2.26. The average molecular weight is 304 g/mol. The summed E-state index contributed by atoms with van der Waals surface area (Å²) in [5.41, 5.74) is -0.246. The van der Waals surface area contributed by atoms with Crippen LogP contribution in [-0.4, -0.2) is 40.9 Å². The van der Waals surface area contributed by atoms with Gasteiger partial charge in [-0.15, -0.1) is 0 Å². The maximum absolute atomic E-state index is 12.4. The third-order valence-electron chi connectivity index (χ3n) is 2.84. The molecule has 21 heavy (non-hydrogen) atoms. The van der Waals surface area contributed by atoms with Crippen molar-refractivity contribution in [2.75, 3.05) is 13.1 Å². The Morgan fingerprint density at radius 3 is 2.48 bits per heavy atom. The van der Waals surface area contributed by atoms with Crippen LogP contribution in [0.4, 0.5) is 18.9 Å². The molecule has 0 unspecified atom stereocenters. The first-order chi connectivity index (χ1) is 9.60. The van der Waals surface area contributed by atoms with Gasteiger partial charge in [0.1, 0.15) is 0 Å². The number of non-ortho nitro benzene ring substituents is 1. The van der Waals surface area contributed by atoms with E-state index in [1.165, 1.54) is 18.2 Å². The van der Waals surface area contributed by atoms with Gasteiger partial charge in [0.15, 0.2) is 5.78 Å². The van der Waals surface area contributed by atoms with E-state index in [4.69, 9.17) is 0 Å². The SMILES string of the molecule is CC(C)N(CC(=O)c1cccc([N+](=O)[O-])c1)CC(F)(F)F. The van der Waals surface area contributed by atoms with Gasteiger partial charge in [0.05, 0.1) is 18.0 Å². The fraction of sp³-hybridized carbons (Fsp3) is 0.462. The van der Waals surface area contributed by atoms with Gasteiger partial charge in [-0.25, -0.2) is 0 Å². The van der Waals surface area contributed by atoms with Gasteiger partial charge >= 0.3 is 6.18 Å². The monoisotopic (exact) mass is 304 g/mol. The number of nitrogens with zero attached hydrogens (tertiary/aromatic N) is 2. The van der Waals surface area contributed by atoms with Crippen LogP contribution in [0.2, 0.25) is 0 Å². The lowest BCUT2D eigenvalue weighted by atomic mass is 10.1. The van der Waals surface area contributed by atoms with E-state index < -0.39 is 36.0 Å². The molecule has 0 aliphatic heterocycles. The number of carbonyl (C=O) groups excluding carboxylic acids is 1. The Morgan fingerprint density at radius 2 is 2.00 bits per heavy atom. The molecule has 0 saturated heterocycles. The number of hydrogen-bond acceptors (Lipinski definition) is 4. The molecule has 5 nitrogen and oxygen atoms in total. The summed E-state index contributed by atoms with van der Waals surface area (Å²) in [6.07, 6.45) is -4.41. The van der Waals surface area contributed by atoms with Crippen molar-refractivity contribution in [3.8, 4) is 0 Å². The maximum Gasteiger partial charge on any atom is 0.401 e. The van der Waals surface area contributed by atoms with Crippen molar-refractivity contribution >= 4 is 11.5 Å². The van der Waals surface area contributed by atoms with E-state index in [1.54, 1.807) is 13.8 Å². The summed E-state index contributed by atoms with van der Waals surface area (Å²) in [7, 11) is 0. The van der Waals surface area contributed by atoms with Gasteiger partial charge in [-0.2, -0.15) is 13.2 Å². The third kappa shape index (κ3) is 5.50. The van der Waals surface area contributed by atoms with Crippen molar-refractivity contribution in [2.24, 2.45) is 0 Å². The zero-order chi connectivity index (χ0) is 16.2. The van der Waals surface area contributed by atoms with Gasteiger partial charge in [0, 0.05) is 23.7 Å². The zero-order valence-electron chi connectivity index (χ0n) is 11.6. The number of nitro benzene ring substituents is 1. The summed E-state index contributed by atoms with van der Waals surface area (Å²) in [6, 6.07) is 4.48. The van der Waals surface area contributed by atoms with Crippen LogP contribution in [-0.2, 0) is 0 Å². The summed E-state index contributed by atoms with van der Waals surface area (Å²) in [5, 5.41) is 10.6. The molecule has 0 saturated carbocycles. The molecule has 116 valence electrons. The highest BCUT2D eigenvalue weighted by atomic mass is 19.4. The largest absolute Gasteiger partial charge is 0.401 e. The molecule has 0 aliphatic rings. The van der Waals surface area contributed by atoms with Crippen LogP contribution >= 0.6 is 0 Å². The van der Waals surface area contributed by atoms with Crippen LogP contribution in [0.1, 0.15) is 24.2 Å². The molecule has 8 heteroatoms. The average Bonchev–Trinajstić information content (AvgIpc) is 2.36. The fourth-order valence-electron chi connectivity index (χ4n) is 1.72. The van der Waals surface area contributed by atoms with Gasteiger partial charge in [-0.1, -0.05) is 12.1 Å². The Labute approximate surface area is 119 Å². The Bertz CT molecular complexity index is 530. The standard InChI is InChI=1S/C13H15F3N2O3/c1-9(2)17(8-13(14,15)16)7-12(19)10-4-3-5-11(6-10)18(20)21/h3-6,9H,7-8H2,1-2H3. The van der Waals surface area contributed by atoms with Gasteiger partial charge in [-0.05, 0) is 13.8 Å². The fourth-order valence-corrected chi connectivity index (χ4v) is 1.72. The summed E-state index contributed by atoms with van der Waals surface area (Å²) >= 11 is 0. The van der Waals surface area contributed by atoms with E-state index >= 15 is 0 Å². The number of nitro groups is 1. The number of rotatable bonds is 6. The number of carbonyl (C=O) groups is 1. The van der Waals surface area contributed by atoms with E-state index in [-0.39, 0.29) is 11.3 Å². The minimum atomic E-state index is -4.41. The third-order valence-corrected chi connectivity index (χ3v) is 2.84. The highest BCUT2D eigenvalue weighted by molar-refractivity contribution is 5.98. The second kappa shape index (κ2) is 6.66. The van der Waals surface area contributed by atoms with Crippen molar-refractivity contribution < 1.29 is 22.9 Å². The summed E-state index contributed by atoms with van der Waals surface area (Å²) in [4.78, 5) is 22.9. The lowest BCUT2D eigenvalue weighted by Crippen LogP contribution is -2.42. The van der Waals surface area contributed by atoms with Crippen molar-refractivity contribution in [3.05, 3.63) is 39.9 Å². The van der Waals surface area contributed by atoms with Crippen molar-refractivity contribution in [3.63, 3.8) is 0 Å². The van der Waals surface area contributed by atoms with Crippen molar-refractivity contribution in [2.45, 2.75) is 26.1 Å². The van der Waals surface area contributed by atoms with Crippen LogP contribution in [0.3, 0.4) is 0 Å². The molecule has 0 spiro atoms. The number of hydrogen-bond donors (Lipinski definition) is 0. The number of benzene rings is 1. The first kappa shape index (κ1) is 17.1. The Kier molecular flexibility index (Phi) is 5.42. The van der Waals surface area contributed by atoms with E-state index in [0.717, 1.165) is 11.0 Å². The highest BCUT2D eigenvalue weighted by Crippen LogP contribution is 2.19. The summed E-state index contributed by atoms with van der Waals surface area (Å²) in [5.74, 6) is -0.586. The molecule has 0 aromatic heterocycles. The molecule has 0 amide bonds. The topological polar surface area (TPSA) is 63.5 Å². The van der Waals surface area contributed by atoms with Crippen LogP contribution < -0.4 is 0 Å². The molecule has 0 radical (unpaired) electrons. The van der Waals surface area contributed by atoms with E-state index in [2.05, 4.69) is 0 Å². The predicted molar refractivity (Wildman–Crippen MR) is 70.2 cm³/mol. The summed E-state index contributed by atoms with van der Waals surface area (Å²) < 4.78 is 37.3. The number of Topliss-reactive ketones (excluding diaryl/α,β-unsaturated/α-hetero) is 1. The number of ketones is 1.